The Morgan fingerprint density at radius 3 is 2.96 bits per heavy atom. The molecule has 0 amide bonds. The van der Waals surface area contributed by atoms with Crippen LogP contribution in [-0.2, 0) is 14.3 Å². The van der Waals surface area contributed by atoms with Crippen LogP contribution in [0, 0.1) is 34.5 Å². The van der Waals surface area contributed by atoms with Crippen molar-refractivity contribution in [2.75, 3.05) is 6.61 Å². The second-order valence-corrected chi connectivity index (χ2v) is 9.39. The normalized spacial score (nSPS) is 42.1. The molecule has 0 aromatic rings. The standard InChI is InChI=1S/C23H32O3/c1-16(14-24)21(25)26-15-23-12-5-7-20(23)18-9-8-17-6-3-4-11-22(17,2)19(18)10-13-23/h4,6,11,14,16,18-20H,3,5,7-10,12-13,15H2,1-2H3/t16?,18-,19+,20+,22+,23+/m1/s1. The highest BCUT2D eigenvalue weighted by Crippen LogP contribution is 2.64. The molecule has 3 fully saturated rings. The number of rotatable bonds is 4. The largest absolute Gasteiger partial charge is 0.465 e. The maximum Gasteiger partial charge on any atom is 0.315 e. The molecule has 0 spiro atoms. The molecule has 3 nitrogen and oxygen atoms in total. The maximum atomic E-state index is 12.1. The molecule has 0 radical (unpaired) electrons. The monoisotopic (exact) mass is 356 g/mol. The van der Waals surface area contributed by atoms with Crippen molar-refractivity contribution in [3.8, 4) is 0 Å². The van der Waals surface area contributed by atoms with Gasteiger partial charge in [-0.1, -0.05) is 37.1 Å². The zero-order valence-corrected chi connectivity index (χ0v) is 16.2. The minimum absolute atomic E-state index is 0.162. The Morgan fingerprint density at radius 2 is 2.15 bits per heavy atom. The summed E-state index contributed by atoms with van der Waals surface area (Å²) in [6, 6.07) is 0. The predicted molar refractivity (Wildman–Crippen MR) is 101 cm³/mol. The van der Waals surface area contributed by atoms with Crippen molar-refractivity contribution in [2.24, 2.45) is 34.5 Å². The van der Waals surface area contributed by atoms with Crippen molar-refractivity contribution < 1.29 is 14.3 Å². The quantitative estimate of drug-likeness (QED) is 0.312. The molecule has 4 aliphatic carbocycles. The molecule has 1 unspecified atom stereocenters. The fourth-order valence-corrected chi connectivity index (χ4v) is 6.79. The third kappa shape index (κ3) is 2.70. The minimum Gasteiger partial charge on any atom is -0.465 e. The van der Waals surface area contributed by atoms with E-state index in [1.165, 1.54) is 38.5 Å². The van der Waals surface area contributed by atoms with Crippen LogP contribution in [-0.4, -0.2) is 18.9 Å². The van der Waals surface area contributed by atoms with Crippen LogP contribution >= 0.6 is 0 Å². The molecule has 0 heterocycles. The number of aldehydes is 1. The summed E-state index contributed by atoms with van der Waals surface area (Å²) in [7, 11) is 0. The van der Waals surface area contributed by atoms with Crippen LogP contribution in [0.1, 0.15) is 65.2 Å². The molecule has 4 aliphatic rings. The van der Waals surface area contributed by atoms with Crippen molar-refractivity contribution >= 4 is 12.3 Å². The van der Waals surface area contributed by atoms with Crippen molar-refractivity contribution in [2.45, 2.75) is 65.2 Å². The average molecular weight is 357 g/mol. The number of hydrogen-bond donors (Lipinski definition) is 0. The lowest BCUT2D eigenvalue weighted by atomic mass is 9.48. The molecule has 3 saturated carbocycles. The summed E-state index contributed by atoms with van der Waals surface area (Å²) in [6.07, 6.45) is 17.7. The van der Waals surface area contributed by atoms with Crippen LogP contribution in [0.5, 0.6) is 0 Å². The van der Waals surface area contributed by atoms with Crippen molar-refractivity contribution in [3.05, 3.63) is 23.8 Å². The summed E-state index contributed by atoms with van der Waals surface area (Å²) in [6.45, 7) is 4.60. The summed E-state index contributed by atoms with van der Waals surface area (Å²) in [4.78, 5) is 22.9. The summed E-state index contributed by atoms with van der Waals surface area (Å²) in [5.74, 6) is 1.17. The lowest BCUT2D eigenvalue weighted by Crippen LogP contribution is -2.50. The molecule has 0 aromatic carbocycles. The number of esters is 1. The van der Waals surface area contributed by atoms with E-state index in [9.17, 15) is 9.59 Å². The Bertz CT molecular complexity index is 648. The molecule has 0 aliphatic heterocycles. The highest BCUT2D eigenvalue weighted by atomic mass is 16.5. The third-order valence-electron chi connectivity index (χ3n) is 8.21. The van der Waals surface area contributed by atoms with Crippen LogP contribution in [0.4, 0.5) is 0 Å². The van der Waals surface area contributed by atoms with E-state index in [0.717, 1.165) is 24.7 Å². The van der Waals surface area contributed by atoms with Crippen LogP contribution in [0.15, 0.2) is 23.8 Å². The zero-order valence-electron chi connectivity index (χ0n) is 16.2. The van der Waals surface area contributed by atoms with Gasteiger partial charge in [0.15, 0.2) is 0 Å². The van der Waals surface area contributed by atoms with E-state index in [2.05, 4.69) is 25.2 Å². The van der Waals surface area contributed by atoms with Gasteiger partial charge < -0.3 is 9.53 Å². The Hall–Kier alpha value is -1.38. The van der Waals surface area contributed by atoms with E-state index >= 15 is 0 Å². The van der Waals surface area contributed by atoms with Crippen LogP contribution in [0.25, 0.3) is 0 Å². The average Bonchev–Trinajstić information content (AvgIpc) is 3.09. The summed E-state index contributed by atoms with van der Waals surface area (Å²) >= 11 is 0. The van der Waals surface area contributed by atoms with E-state index in [1.807, 2.05) is 0 Å². The topological polar surface area (TPSA) is 43.4 Å². The molecule has 4 rings (SSSR count). The zero-order chi connectivity index (χ0) is 18.4. The van der Waals surface area contributed by atoms with Gasteiger partial charge in [-0.05, 0) is 69.6 Å². The maximum absolute atomic E-state index is 12.1. The van der Waals surface area contributed by atoms with Gasteiger partial charge in [0.2, 0.25) is 0 Å². The van der Waals surface area contributed by atoms with Crippen LogP contribution < -0.4 is 0 Å². The fourth-order valence-electron chi connectivity index (χ4n) is 6.79. The predicted octanol–water partition coefficient (Wildman–Crippen LogP) is 4.86. The van der Waals surface area contributed by atoms with Crippen LogP contribution in [0.2, 0.25) is 0 Å². The third-order valence-corrected chi connectivity index (χ3v) is 8.21. The molecule has 0 N–H and O–H groups in total. The van der Waals surface area contributed by atoms with Crippen molar-refractivity contribution in [1.29, 1.82) is 0 Å². The van der Waals surface area contributed by atoms with E-state index in [4.69, 9.17) is 4.74 Å². The van der Waals surface area contributed by atoms with Gasteiger partial charge in [0.25, 0.3) is 0 Å². The van der Waals surface area contributed by atoms with Gasteiger partial charge in [-0.2, -0.15) is 0 Å². The second-order valence-electron chi connectivity index (χ2n) is 9.39. The Kier molecular flexibility index (Phi) is 4.61. The number of fused-ring (bicyclic) bond motifs is 5. The van der Waals surface area contributed by atoms with E-state index in [-0.39, 0.29) is 16.8 Å². The molecule has 142 valence electrons. The highest BCUT2D eigenvalue weighted by molar-refractivity contribution is 5.87. The molecule has 0 bridgehead atoms. The number of allylic oxidation sites excluding steroid dienone is 4. The van der Waals surface area contributed by atoms with E-state index in [1.54, 1.807) is 12.5 Å². The molecular formula is C23H32O3. The Morgan fingerprint density at radius 1 is 1.31 bits per heavy atom. The summed E-state index contributed by atoms with van der Waals surface area (Å²) in [5.41, 5.74) is 2.08. The number of carbonyl (C=O) groups excluding carboxylic acids is 2. The van der Waals surface area contributed by atoms with Crippen molar-refractivity contribution in [3.63, 3.8) is 0 Å². The molecule has 0 aromatic heterocycles. The smallest absolute Gasteiger partial charge is 0.315 e. The second kappa shape index (κ2) is 6.65. The molecule has 6 atom stereocenters. The van der Waals surface area contributed by atoms with Gasteiger partial charge in [-0.15, -0.1) is 0 Å². The molecule has 26 heavy (non-hydrogen) atoms. The van der Waals surface area contributed by atoms with Gasteiger partial charge in [-0.25, -0.2) is 0 Å². The molecule has 3 heteroatoms. The van der Waals surface area contributed by atoms with Gasteiger partial charge in [0.05, 0.1) is 6.61 Å². The number of ether oxygens (including phenoxy) is 1. The number of carbonyl (C=O) groups is 2. The molecule has 0 saturated heterocycles. The first-order valence-electron chi connectivity index (χ1n) is 10.5. The first kappa shape index (κ1) is 18.0. The number of hydrogen-bond acceptors (Lipinski definition) is 3. The van der Waals surface area contributed by atoms with Crippen molar-refractivity contribution in [1.82, 2.24) is 0 Å². The van der Waals surface area contributed by atoms with Gasteiger partial charge >= 0.3 is 5.97 Å². The minimum atomic E-state index is -0.642. The lowest BCUT2D eigenvalue weighted by Gasteiger charge is -2.56. The lowest BCUT2D eigenvalue weighted by molar-refractivity contribution is -0.156. The first-order chi connectivity index (χ1) is 12.5. The Labute approximate surface area is 157 Å². The van der Waals surface area contributed by atoms with E-state index in [0.29, 0.717) is 18.8 Å². The Balaban J connectivity index is 1.53. The van der Waals surface area contributed by atoms with E-state index < -0.39 is 5.92 Å². The van der Waals surface area contributed by atoms with Gasteiger partial charge in [0, 0.05) is 10.8 Å². The molecular weight excluding hydrogens is 324 g/mol. The summed E-state index contributed by atoms with van der Waals surface area (Å²) in [5, 5.41) is 0. The van der Waals surface area contributed by atoms with Gasteiger partial charge in [0.1, 0.15) is 12.2 Å². The first-order valence-corrected chi connectivity index (χ1v) is 10.5. The fraction of sp³-hybridized carbons (Fsp3) is 0.739. The SMILES string of the molecule is CC(C=O)C(=O)OC[C@@]12CCC[C@H]1[C@@H]1CCC3=CCC=C[C@]3(C)[C@H]1CC2. The van der Waals surface area contributed by atoms with Gasteiger partial charge in [-0.3, -0.25) is 4.79 Å². The summed E-state index contributed by atoms with van der Waals surface area (Å²) < 4.78 is 5.65. The highest BCUT2D eigenvalue weighted by Gasteiger charge is 2.57. The van der Waals surface area contributed by atoms with Crippen LogP contribution in [0.3, 0.4) is 0 Å².